The second kappa shape index (κ2) is 19.2. The maximum absolute atomic E-state index is 12.7. The molecule has 0 spiro atoms. The molecule has 0 unspecified atom stereocenters. The zero-order valence-electron chi connectivity index (χ0n) is 24.2. The van der Waals surface area contributed by atoms with Gasteiger partial charge in [0, 0.05) is 20.6 Å². The molecule has 1 N–H and O–H groups in total. The highest BCUT2D eigenvalue weighted by atomic mass is 16.2. The predicted octanol–water partition coefficient (Wildman–Crippen LogP) is 6.46. The van der Waals surface area contributed by atoms with E-state index < -0.39 is 0 Å². The van der Waals surface area contributed by atoms with Crippen molar-refractivity contribution in [2.24, 2.45) is 14.1 Å². The van der Waals surface area contributed by atoms with Crippen molar-refractivity contribution in [3.63, 3.8) is 0 Å². The summed E-state index contributed by atoms with van der Waals surface area (Å²) in [5, 5.41) is 3.61. The number of hydrogen-bond acceptors (Lipinski definition) is 4. The topological polar surface area (TPSA) is 73.8 Å². The van der Waals surface area contributed by atoms with Gasteiger partial charge in [-0.1, -0.05) is 110 Å². The number of nitrogens with zero attached hydrogens (tertiary/aromatic N) is 4. The Balaban J connectivity index is 1.37. The lowest BCUT2D eigenvalue weighted by atomic mass is 10.1. The molecule has 0 amide bonds. The Bertz CT molecular complexity index is 975. The molecule has 0 atom stereocenters. The zero-order valence-corrected chi connectivity index (χ0v) is 24.2. The maximum Gasteiger partial charge on any atom is 0.332 e. The first-order chi connectivity index (χ1) is 18.1. The Labute approximate surface area is 225 Å². The summed E-state index contributed by atoms with van der Waals surface area (Å²) in [6.45, 7) is 5.07. The molecule has 0 saturated carbocycles. The number of hydrogen-bond donors (Lipinski definition) is 1. The van der Waals surface area contributed by atoms with E-state index in [1.165, 1.54) is 118 Å². The van der Waals surface area contributed by atoms with Gasteiger partial charge in [0.2, 0.25) is 0 Å². The fourth-order valence-electron chi connectivity index (χ4n) is 5.21. The monoisotopic (exact) mass is 517 g/mol. The Morgan fingerprint density at radius 1 is 0.676 bits per heavy atom. The maximum atomic E-state index is 12.7. The van der Waals surface area contributed by atoms with E-state index in [4.69, 9.17) is 0 Å². The molecule has 0 aliphatic heterocycles. The third kappa shape index (κ3) is 11.6. The minimum absolute atomic E-state index is 0.228. The van der Waals surface area contributed by atoms with E-state index in [-0.39, 0.29) is 11.2 Å². The van der Waals surface area contributed by atoms with Crippen molar-refractivity contribution in [3.8, 4) is 0 Å². The average Bonchev–Trinajstić information content (AvgIpc) is 3.29. The highest BCUT2D eigenvalue weighted by molar-refractivity contribution is 5.69. The van der Waals surface area contributed by atoms with Crippen LogP contribution in [0, 0.1) is 0 Å². The van der Waals surface area contributed by atoms with Gasteiger partial charge in [-0.2, -0.15) is 0 Å². The third-order valence-electron chi connectivity index (χ3n) is 7.64. The van der Waals surface area contributed by atoms with Crippen LogP contribution < -0.4 is 16.6 Å². The van der Waals surface area contributed by atoms with Crippen molar-refractivity contribution < 1.29 is 0 Å². The number of nitrogens with one attached hydrogen (secondary N) is 1. The largest absolute Gasteiger partial charge is 0.332 e. The van der Waals surface area contributed by atoms with Crippen molar-refractivity contribution in [1.29, 1.82) is 0 Å². The Hall–Kier alpha value is -1.89. The van der Waals surface area contributed by atoms with Crippen LogP contribution in [0.2, 0.25) is 0 Å². The van der Waals surface area contributed by atoms with E-state index in [1.807, 2.05) is 0 Å². The summed E-state index contributed by atoms with van der Waals surface area (Å²) in [5.41, 5.74) is 0.452. The van der Waals surface area contributed by atoms with Gasteiger partial charge in [0.15, 0.2) is 11.2 Å². The summed E-state index contributed by atoms with van der Waals surface area (Å²) >= 11 is 0. The SMILES string of the molecule is CCCCCCCCCCCCCCNCCCCCCCCCn1c(=O)c2c(ncn2C)n(C)c1=O. The fourth-order valence-corrected chi connectivity index (χ4v) is 5.21. The molecular weight excluding hydrogens is 462 g/mol. The molecule has 0 aliphatic carbocycles. The van der Waals surface area contributed by atoms with E-state index in [1.54, 1.807) is 25.0 Å². The summed E-state index contributed by atoms with van der Waals surface area (Å²) in [6, 6.07) is 0. The number of aromatic nitrogens is 4. The highest BCUT2D eigenvalue weighted by Gasteiger charge is 2.14. The van der Waals surface area contributed by atoms with Gasteiger partial charge in [0.25, 0.3) is 5.56 Å². The zero-order chi connectivity index (χ0) is 26.7. The molecule has 2 aromatic rings. The van der Waals surface area contributed by atoms with Crippen LogP contribution in [0.25, 0.3) is 11.2 Å². The second-order valence-corrected chi connectivity index (χ2v) is 10.9. The summed E-state index contributed by atoms with van der Waals surface area (Å²) in [5.74, 6) is 0. The van der Waals surface area contributed by atoms with Gasteiger partial charge in [0.05, 0.1) is 6.33 Å². The predicted molar refractivity (Wildman–Crippen MR) is 156 cm³/mol. The van der Waals surface area contributed by atoms with Crippen molar-refractivity contribution in [2.75, 3.05) is 13.1 Å². The molecule has 0 radical (unpaired) electrons. The molecule has 0 fully saturated rings. The lowest BCUT2D eigenvalue weighted by molar-refractivity contribution is 0.511. The summed E-state index contributed by atoms with van der Waals surface area (Å²) in [4.78, 5) is 29.4. The van der Waals surface area contributed by atoms with Gasteiger partial charge >= 0.3 is 5.69 Å². The number of rotatable bonds is 23. The van der Waals surface area contributed by atoms with Gasteiger partial charge < -0.3 is 9.88 Å². The molecule has 2 heterocycles. The van der Waals surface area contributed by atoms with Crippen molar-refractivity contribution in [3.05, 3.63) is 27.2 Å². The van der Waals surface area contributed by atoms with E-state index in [2.05, 4.69) is 17.2 Å². The first-order valence-electron chi connectivity index (χ1n) is 15.4. The van der Waals surface area contributed by atoms with Gasteiger partial charge in [-0.25, -0.2) is 9.78 Å². The van der Waals surface area contributed by atoms with E-state index in [0.29, 0.717) is 17.7 Å². The third-order valence-corrected chi connectivity index (χ3v) is 7.64. The van der Waals surface area contributed by atoms with Crippen molar-refractivity contribution in [1.82, 2.24) is 24.0 Å². The standard InChI is InChI=1S/C30H55N5O2/c1-4-5-6-7-8-9-10-11-12-14-17-20-23-31-24-21-18-15-13-16-19-22-25-35-29(36)27-28(32-26-33(27)2)34(3)30(35)37/h26,31H,4-25H2,1-3H3. The van der Waals surface area contributed by atoms with Crippen LogP contribution in [0.1, 0.15) is 129 Å². The molecule has 0 aromatic carbocycles. The first-order valence-corrected chi connectivity index (χ1v) is 15.4. The van der Waals surface area contributed by atoms with Crippen LogP contribution in [0.15, 0.2) is 15.9 Å². The van der Waals surface area contributed by atoms with Crippen LogP contribution in [0.5, 0.6) is 0 Å². The van der Waals surface area contributed by atoms with E-state index in [0.717, 1.165) is 25.8 Å². The fraction of sp³-hybridized carbons (Fsp3) is 0.833. The Morgan fingerprint density at radius 3 is 1.65 bits per heavy atom. The number of imidazole rings is 1. The van der Waals surface area contributed by atoms with Gasteiger partial charge in [-0.05, 0) is 32.4 Å². The molecule has 0 saturated heterocycles. The normalized spacial score (nSPS) is 11.6. The van der Waals surface area contributed by atoms with Crippen LogP contribution in [-0.4, -0.2) is 31.8 Å². The molecule has 7 nitrogen and oxygen atoms in total. The Morgan fingerprint density at radius 2 is 1.14 bits per heavy atom. The summed E-state index contributed by atoms with van der Waals surface area (Å²) in [7, 11) is 3.47. The highest BCUT2D eigenvalue weighted by Crippen LogP contribution is 2.12. The van der Waals surface area contributed by atoms with Crippen LogP contribution in [0.3, 0.4) is 0 Å². The lowest BCUT2D eigenvalue weighted by Crippen LogP contribution is -2.39. The lowest BCUT2D eigenvalue weighted by Gasteiger charge is -2.08. The van der Waals surface area contributed by atoms with Gasteiger partial charge in [-0.15, -0.1) is 0 Å². The molecule has 2 rings (SSSR count). The number of aryl methyl sites for hydroxylation is 2. The molecular formula is C30H55N5O2. The minimum atomic E-state index is -0.271. The van der Waals surface area contributed by atoms with E-state index >= 15 is 0 Å². The summed E-state index contributed by atoms with van der Waals surface area (Å²) in [6.07, 6.45) is 26.6. The van der Waals surface area contributed by atoms with Gasteiger partial charge in [-0.3, -0.25) is 13.9 Å². The summed E-state index contributed by atoms with van der Waals surface area (Å²) < 4.78 is 4.54. The average molecular weight is 518 g/mol. The minimum Gasteiger partial charge on any atom is -0.328 e. The number of unbranched alkanes of at least 4 members (excludes halogenated alkanes) is 17. The number of fused-ring (bicyclic) bond motifs is 1. The molecule has 2 aromatic heterocycles. The quantitative estimate of drug-likeness (QED) is 0.172. The molecule has 7 heteroatoms. The van der Waals surface area contributed by atoms with Crippen molar-refractivity contribution in [2.45, 2.75) is 135 Å². The molecule has 212 valence electrons. The molecule has 37 heavy (non-hydrogen) atoms. The van der Waals surface area contributed by atoms with Crippen LogP contribution in [0.4, 0.5) is 0 Å². The Kier molecular flexibility index (Phi) is 16.3. The van der Waals surface area contributed by atoms with E-state index in [9.17, 15) is 9.59 Å². The van der Waals surface area contributed by atoms with Crippen LogP contribution in [-0.2, 0) is 20.6 Å². The smallest absolute Gasteiger partial charge is 0.328 e. The van der Waals surface area contributed by atoms with Crippen LogP contribution >= 0.6 is 0 Å². The molecule has 0 aliphatic rings. The molecule has 0 bridgehead atoms. The van der Waals surface area contributed by atoms with Crippen molar-refractivity contribution >= 4 is 11.2 Å². The first kappa shape index (κ1) is 31.3. The van der Waals surface area contributed by atoms with Gasteiger partial charge in [0.1, 0.15) is 0 Å². The second-order valence-electron chi connectivity index (χ2n) is 10.9.